The SMILES string of the molecule is CC/C=C\C/C=C(\C/C=C\CCCCCCCC(=O)O)OO. The molecule has 0 fully saturated rings. The van der Waals surface area contributed by atoms with Gasteiger partial charge in [-0.05, 0) is 38.2 Å². The van der Waals surface area contributed by atoms with Crippen molar-refractivity contribution in [3.63, 3.8) is 0 Å². The number of carboxylic acid groups (broad SMARTS) is 1. The first-order valence-corrected chi connectivity index (χ1v) is 8.23. The highest BCUT2D eigenvalue weighted by atomic mass is 17.1. The van der Waals surface area contributed by atoms with Crippen LogP contribution in [-0.2, 0) is 9.68 Å². The Morgan fingerprint density at radius 1 is 1.00 bits per heavy atom. The van der Waals surface area contributed by atoms with Crippen molar-refractivity contribution in [3.8, 4) is 0 Å². The van der Waals surface area contributed by atoms with Crippen molar-refractivity contribution < 1.29 is 20.0 Å². The zero-order chi connectivity index (χ0) is 16.5. The van der Waals surface area contributed by atoms with Crippen LogP contribution in [0.1, 0.15) is 71.1 Å². The quantitative estimate of drug-likeness (QED) is 0.147. The first kappa shape index (κ1) is 20.5. The Morgan fingerprint density at radius 3 is 2.41 bits per heavy atom. The fraction of sp³-hybridized carbons (Fsp3) is 0.611. The number of hydrogen-bond acceptors (Lipinski definition) is 3. The molecule has 0 aromatic heterocycles. The highest BCUT2D eigenvalue weighted by Gasteiger charge is 1.96. The first-order valence-electron chi connectivity index (χ1n) is 8.23. The number of unbranched alkanes of at least 4 members (excludes halogenated alkanes) is 5. The Hall–Kier alpha value is -1.55. The van der Waals surface area contributed by atoms with Gasteiger partial charge >= 0.3 is 5.97 Å². The van der Waals surface area contributed by atoms with Crippen LogP contribution in [-0.4, -0.2) is 16.3 Å². The summed E-state index contributed by atoms with van der Waals surface area (Å²) in [4.78, 5) is 14.7. The van der Waals surface area contributed by atoms with Gasteiger partial charge in [0.25, 0.3) is 0 Å². The summed E-state index contributed by atoms with van der Waals surface area (Å²) >= 11 is 0. The Labute approximate surface area is 134 Å². The normalized spacial score (nSPS) is 12.4. The van der Waals surface area contributed by atoms with Crippen LogP contribution in [0.4, 0.5) is 0 Å². The molecule has 4 heteroatoms. The summed E-state index contributed by atoms with van der Waals surface area (Å²) < 4.78 is 0. The fourth-order valence-corrected chi connectivity index (χ4v) is 2.01. The van der Waals surface area contributed by atoms with E-state index in [4.69, 9.17) is 10.4 Å². The zero-order valence-electron chi connectivity index (χ0n) is 13.7. The third-order valence-electron chi connectivity index (χ3n) is 3.25. The van der Waals surface area contributed by atoms with Gasteiger partial charge in [-0.25, -0.2) is 5.26 Å². The van der Waals surface area contributed by atoms with Gasteiger partial charge in [-0.15, -0.1) is 0 Å². The molecule has 0 saturated carbocycles. The van der Waals surface area contributed by atoms with Gasteiger partial charge in [0.1, 0.15) is 5.76 Å². The van der Waals surface area contributed by atoms with E-state index in [2.05, 4.69) is 24.0 Å². The standard InChI is InChI=1S/C18H30O4/c1-2-3-4-11-14-17(22-21)15-12-9-7-5-6-8-10-13-16-18(19)20/h3-4,9,12,14,21H,2,5-8,10-11,13,15-16H2,1H3,(H,19,20)/b4-3-,12-9-,17-14+. The lowest BCUT2D eigenvalue weighted by molar-refractivity contribution is -0.204. The summed E-state index contributed by atoms with van der Waals surface area (Å²) in [5, 5.41) is 17.3. The lowest BCUT2D eigenvalue weighted by Crippen LogP contribution is -1.93. The van der Waals surface area contributed by atoms with E-state index >= 15 is 0 Å². The summed E-state index contributed by atoms with van der Waals surface area (Å²) in [6.45, 7) is 2.08. The lowest BCUT2D eigenvalue weighted by atomic mass is 10.1. The van der Waals surface area contributed by atoms with E-state index in [1.165, 1.54) is 0 Å². The van der Waals surface area contributed by atoms with Crippen LogP contribution in [0.25, 0.3) is 0 Å². The molecule has 126 valence electrons. The van der Waals surface area contributed by atoms with E-state index in [1.807, 2.05) is 18.2 Å². The summed E-state index contributed by atoms with van der Waals surface area (Å²) in [6, 6.07) is 0. The highest BCUT2D eigenvalue weighted by Crippen LogP contribution is 2.09. The van der Waals surface area contributed by atoms with Crippen molar-refractivity contribution >= 4 is 5.97 Å². The summed E-state index contributed by atoms with van der Waals surface area (Å²) in [7, 11) is 0. The van der Waals surface area contributed by atoms with Gasteiger partial charge in [-0.2, -0.15) is 0 Å². The van der Waals surface area contributed by atoms with E-state index in [0.717, 1.165) is 51.4 Å². The zero-order valence-corrected chi connectivity index (χ0v) is 13.7. The highest BCUT2D eigenvalue weighted by molar-refractivity contribution is 5.66. The van der Waals surface area contributed by atoms with Crippen molar-refractivity contribution in [1.29, 1.82) is 0 Å². The smallest absolute Gasteiger partial charge is 0.303 e. The van der Waals surface area contributed by atoms with Crippen LogP contribution in [0.5, 0.6) is 0 Å². The molecule has 0 spiro atoms. The summed E-state index contributed by atoms with van der Waals surface area (Å²) in [5.41, 5.74) is 0. The molecular formula is C18H30O4. The molecule has 0 radical (unpaired) electrons. The van der Waals surface area contributed by atoms with Gasteiger partial charge in [0.2, 0.25) is 0 Å². The van der Waals surface area contributed by atoms with Crippen LogP contribution >= 0.6 is 0 Å². The molecule has 0 bridgehead atoms. The summed E-state index contributed by atoms with van der Waals surface area (Å²) in [6.07, 6.45) is 18.9. The molecule has 0 heterocycles. The van der Waals surface area contributed by atoms with Crippen LogP contribution in [0.3, 0.4) is 0 Å². The second-order valence-corrected chi connectivity index (χ2v) is 5.25. The van der Waals surface area contributed by atoms with E-state index in [1.54, 1.807) is 0 Å². The Morgan fingerprint density at radius 2 is 1.73 bits per heavy atom. The minimum atomic E-state index is -0.705. The van der Waals surface area contributed by atoms with Gasteiger partial charge in [-0.1, -0.05) is 50.5 Å². The number of rotatable bonds is 14. The number of hydrogen-bond donors (Lipinski definition) is 2. The third-order valence-corrected chi connectivity index (χ3v) is 3.25. The van der Waals surface area contributed by atoms with Gasteiger partial charge in [0.15, 0.2) is 0 Å². The van der Waals surface area contributed by atoms with Gasteiger partial charge < -0.3 is 9.99 Å². The number of allylic oxidation sites excluding steroid dienone is 5. The molecule has 0 atom stereocenters. The van der Waals surface area contributed by atoms with Gasteiger partial charge in [0, 0.05) is 12.8 Å². The van der Waals surface area contributed by atoms with Crippen LogP contribution in [0, 0.1) is 0 Å². The molecule has 4 nitrogen and oxygen atoms in total. The van der Waals surface area contributed by atoms with Gasteiger partial charge in [0.05, 0.1) is 0 Å². The molecule has 0 aliphatic carbocycles. The van der Waals surface area contributed by atoms with Crippen molar-refractivity contribution in [2.24, 2.45) is 0 Å². The molecule has 0 saturated heterocycles. The maximum absolute atomic E-state index is 10.3. The maximum Gasteiger partial charge on any atom is 0.303 e. The average molecular weight is 310 g/mol. The summed E-state index contributed by atoms with van der Waals surface area (Å²) in [5.74, 6) is -0.131. The van der Waals surface area contributed by atoms with Crippen LogP contribution in [0.2, 0.25) is 0 Å². The van der Waals surface area contributed by atoms with E-state index < -0.39 is 5.97 Å². The molecule has 22 heavy (non-hydrogen) atoms. The largest absolute Gasteiger partial charge is 0.481 e. The lowest BCUT2D eigenvalue weighted by Gasteiger charge is -2.00. The fourth-order valence-electron chi connectivity index (χ4n) is 2.01. The Bertz CT molecular complexity index is 356. The molecule has 0 amide bonds. The molecule has 0 aromatic rings. The van der Waals surface area contributed by atoms with Crippen LogP contribution in [0.15, 0.2) is 36.1 Å². The minimum absolute atomic E-state index is 0.281. The van der Waals surface area contributed by atoms with E-state index in [9.17, 15) is 4.79 Å². The second kappa shape index (κ2) is 15.8. The van der Waals surface area contributed by atoms with Gasteiger partial charge in [-0.3, -0.25) is 4.79 Å². The molecular weight excluding hydrogens is 280 g/mol. The van der Waals surface area contributed by atoms with E-state index in [-0.39, 0.29) is 6.42 Å². The van der Waals surface area contributed by atoms with Crippen molar-refractivity contribution in [2.45, 2.75) is 71.1 Å². The second-order valence-electron chi connectivity index (χ2n) is 5.25. The monoisotopic (exact) mass is 310 g/mol. The molecule has 0 aromatic carbocycles. The van der Waals surface area contributed by atoms with E-state index in [0.29, 0.717) is 12.2 Å². The number of aliphatic carboxylic acids is 1. The Kier molecular flexibility index (Phi) is 14.7. The molecule has 0 aliphatic rings. The number of carbonyl (C=O) groups is 1. The van der Waals surface area contributed by atoms with Crippen molar-refractivity contribution in [2.75, 3.05) is 0 Å². The minimum Gasteiger partial charge on any atom is -0.481 e. The van der Waals surface area contributed by atoms with Crippen molar-refractivity contribution in [1.82, 2.24) is 0 Å². The average Bonchev–Trinajstić information content (AvgIpc) is 2.50. The molecule has 0 aliphatic heterocycles. The predicted molar refractivity (Wildman–Crippen MR) is 89.6 cm³/mol. The van der Waals surface area contributed by atoms with Crippen molar-refractivity contribution in [3.05, 3.63) is 36.1 Å². The number of carboxylic acids is 1. The molecule has 0 rings (SSSR count). The topological polar surface area (TPSA) is 66.8 Å². The maximum atomic E-state index is 10.3. The Balaban J connectivity index is 3.59. The molecule has 0 unspecified atom stereocenters. The predicted octanol–water partition coefficient (Wildman–Crippen LogP) is 5.48. The first-order chi connectivity index (χ1) is 10.7. The van der Waals surface area contributed by atoms with Crippen LogP contribution < -0.4 is 0 Å². The molecule has 2 N–H and O–H groups in total. The third kappa shape index (κ3) is 14.9.